The molecule has 0 radical (unpaired) electrons. The topological polar surface area (TPSA) is 86.2 Å². The van der Waals surface area contributed by atoms with Crippen LogP contribution in [0.25, 0.3) is 0 Å². The summed E-state index contributed by atoms with van der Waals surface area (Å²) < 4.78 is 11.1. The van der Waals surface area contributed by atoms with Crippen molar-refractivity contribution in [3.63, 3.8) is 0 Å². The molecule has 1 aliphatic carbocycles. The summed E-state index contributed by atoms with van der Waals surface area (Å²) in [6, 6.07) is 1.77. The van der Waals surface area contributed by atoms with E-state index in [-0.39, 0.29) is 5.97 Å². The average molecular weight is 419 g/mol. The van der Waals surface area contributed by atoms with Crippen molar-refractivity contribution in [2.24, 2.45) is 0 Å². The monoisotopic (exact) mass is 418 g/mol. The molecule has 0 aromatic carbocycles. The van der Waals surface area contributed by atoms with Crippen molar-refractivity contribution in [3.8, 4) is 5.88 Å². The van der Waals surface area contributed by atoms with E-state index in [0.717, 1.165) is 5.13 Å². The summed E-state index contributed by atoms with van der Waals surface area (Å²) in [6.07, 6.45) is 7.39. The molecule has 2 heterocycles. The first-order chi connectivity index (χ1) is 13.8. The Morgan fingerprint density at radius 1 is 1.31 bits per heavy atom. The molecule has 7 nitrogen and oxygen atoms in total. The highest BCUT2D eigenvalue weighted by molar-refractivity contribution is 7.15. The molecule has 0 aliphatic heterocycles. The van der Waals surface area contributed by atoms with Crippen LogP contribution in [0.2, 0.25) is 0 Å². The number of nitrogens with zero attached hydrogens (tertiary/aromatic N) is 3. The van der Waals surface area contributed by atoms with Crippen molar-refractivity contribution < 1.29 is 14.3 Å². The predicted octanol–water partition coefficient (Wildman–Crippen LogP) is 5.01. The van der Waals surface area contributed by atoms with Gasteiger partial charge in [-0.05, 0) is 46.0 Å². The molecule has 3 rings (SSSR count). The van der Waals surface area contributed by atoms with Crippen molar-refractivity contribution in [2.75, 3.05) is 11.9 Å². The summed E-state index contributed by atoms with van der Waals surface area (Å²) >= 11 is 1.69. The first-order valence-electron chi connectivity index (χ1n) is 10.3. The van der Waals surface area contributed by atoms with Crippen molar-refractivity contribution in [2.45, 2.75) is 77.7 Å². The van der Waals surface area contributed by atoms with E-state index in [1.54, 1.807) is 17.4 Å². The second-order valence-electron chi connectivity index (χ2n) is 8.22. The second kappa shape index (κ2) is 9.52. The minimum absolute atomic E-state index is 0.216. The molecule has 0 atom stereocenters. The van der Waals surface area contributed by atoms with Gasteiger partial charge in [-0.25, -0.2) is 9.97 Å². The van der Waals surface area contributed by atoms with E-state index in [4.69, 9.17) is 9.47 Å². The fourth-order valence-electron chi connectivity index (χ4n) is 2.89. The maximum Gasteiger partial charge on any atom is 0.306 e. The molecule has 1 aliphatic rings. The molecule has 1 fully saturated rings. The lowest BCUT2D eigenvalue weighted by atomic mass is 9.85. The zero-order chi connectivity index (χ0) is 20.9. The van der Waals surface area contributed by atoms with Crippen LogP contribution in [0.1, 0.15) is 76.4 Å². The molecule has 0 unspecified atom stereocenters. The highest BCUT2D eigenvalue weighted by Gasteiger charge is 2.22. The molecule has 1 saturated carbocycles. The zero-order valence-electron chi connectivity index (χ0n) is 17.7. The highest BCUT2D eigenvalue weighted by Crippen LogP contribution is 2.40. The number of carbonyl (C=O) groups is 1. The van der Waals surface area contributed by atoms with Crippen LogP contribution < -0.4 is 10.1 Å². The Kier molecular flexibility index (Phi) is 7.05. The Labute approximate surface area is 176 Å². The standard InChI is InChI=1S/C21H30N4O3S/c1-5-16-23-17(25-20-22-13-15(29-20)14-8-6-9-14)12-18(24-16)27-11-7-10-19(26)28-21(2,3)4/h12-14H,5-11H2,1-4H3,(H,22,23,24,25). The van der Waals surface area contributed by atoms with Gasteiger partial charge in [-0.3, -0.25) is 4.79 Å². The quantitative estimate of drug-likeness (QED) is 0.452. The summed E-state index contributed by atoms with van der Waals surface area (Å²) in [6.45, 7) is 7.98. The first kappa shape index (κ1) is 21.5. The Balaban J connectivity index is 1.54. The molecule has 2 aromatic heterocycles. The molecule has 158 valence electrons. The lowest BCUT2D eigenvalue weighted by Gasteiger charge is -2.23. The van der Waals surface area contributed by atoms with Gasteiger partial charge in [-0.15, -0.1) is 11.3 Å². The van der Waals surface area contributed by atoms with E-state index in [0.29, 0.717) is 49.3 Å². The number of aromatic nitrogens is 3. The predicted molar refractivity (Wildman–Crippen MR) is 114 cm³/mol. The largest absolute Gasteiger partial charge is 0.478 e. The number of ether oxygens (including phenoxy) is 2. The maximum absolute atomic E-state index is 11.8. The minimum atomic E-state index is -0.463. The fourth-order valence-corrected chi connectivity index (χ4v) is 3.88. The molecule has 0 saturated heterocycles. The van der Waals surface area contributed by atoms with Crippen LogP contribution >= 0.6 is 11.3 Å². The Morgan fingerprint density at radius 3 is 2.76 bits per heavy atom. The van der Waals surface area contributed by atoms with E-state index in [1.165, 1.54) is 24.1 Å². The number of nitrogens with one attached hydrogen (secondary N) is 1. The van der Waals surface area contributed by atoms with Crippen LogP contribution in [-0.4, -0.2) is 33.1 Å². The number of hydrogen-bond donors (Lipinski definition) is 1. The molecule has 2 aromatic rings. The molecular weight excluding hydrogens is 388 g/mol. The number of carbonyl (C=O) groups excluding carboxylic acids is 1. The zero-order valence-corrected chi connectivity index (χ0v) is 18.5. The molecule has 1 N–H and O–H groups in total. The van der Waals surface area contributed by atoms with E-state index in [2.05, 4.69) is 20.3 Å². The third-order valence-corrected chi connectivity index (χ3v) is 5.60. The van der Waals surface area contributed by atoms with Gasteiger partial charge in [-0.2, -0.15) is 4.98 Å². The van der Waals surface area contributed by atoms with E-state index in [1.807, 2.05) is 33.9 Å². The number of hydrogen-bond acceptors (Lipinski definition) is 8. The van der Waals surface area contributed by atoms with E-state index >= 15 is 0 Å². The minimum Gasteiger partial charge on any atom is -0.478 e. The van der Waals surface area contributed by atoms with Gasteiger partial charge in [0.15, 0.2) is 5.13 Å². The molecule has 0 spiro atoms. The van der Waals surface area contributed by atoms with Gasteiger partial charge in [0.2, 0.25) is 5.88 Å². The van der Waals surface area contributed by atoms with Gasteiger partial charge in [-0.1, -0.05) is 13.3 Å². The second-order valence-corrected chi connectivity index (χ2v) is 9.28. The summed E-state index contributed by atoms with van der Waals surface area (Å²) in [4.78, 5) is 26.5. The van der Waals surface area contributed by atoms with Crippen LogP contribution in [0, 0.1) is 0 Å². The van der Waals surface area contributed by atoms with Gasteiger partial charge in [0, 0.05) is 30.0 Å². The Hall–Kier alpha value is -2.22. The van der Waals surface area contributed by atoms with Crippen LogP contribution in [0.15, 0.2) is 12.3 Å². The smallest absolute Gasteiger partial charge is 0.306 e. The molecule has 0 amide bonds. The lowest BCUT2D eigenvalue weighted by Crippen LogP contribution is -2.24. The third kappa shape index (κ3) is 6.66. The van der Waals surface area contributed by atoms with Gasteiger partial charge >= 0.3 is 5.97 Å². The molecular formula is C21H30N4O3S. The summed E-state index contributed by atoms with van der Waals surface area (Å²) in [5, 5.41) is 4.12. The van der Waals surface area contributed by atoms with Crippen molar-refractivity contribution in [3.05, 3.63) is 23.0 Å². The Bertz CT molecular complexity index is 828. The number of anilines is 2. The van der Waals surface area contributed by atoms with Gasteiger partial charge in [0.1, 0.15) is 17.2 Å². The van der Waals surface area contributed by atoms with Gasteiger partial charge in [0.05, 0.1) is 6.61 Å². The number of thiazole rings is 1. The average Bonchev–Trinajstić information content (AvgIpc) is 3.03. The molecule has 29 heavy (non-hydrogen) atoms. The van der Waals surface area contributed by atoms with Crippen molar-refractivity contribution in [1.82, 2.24) is 15.0 Å². The van der Waals surface area contributed by atoms with Crippen LogP contribution in [0.4, 0.5) is 10.9 Å². The summed E-state index contributed by atoms with van der Waals surface area (Å²) in [5.41, 5.74) is -0.463. The number of aryl methyl sites for hydroxylation is 1. The number of rotatable bonds is 9. The highest BCUT2D eigenvalue weighted by atomic mass is 32.1. The lowest BCUT2D eigenvalue weighted by molar-refractivity contribution is -0.155. The van der Waals surface area contributed by atoms with Crippen LogP contribution in [0.3, 0.4) is 0 Å². The maximum atomic E-state index is 11.8. The van der Waals surface area contributed by atoms with Crippen LogP contribution in [-0.2, 0) is 16.0 Å². The van der Waals surface area contributed by atoms with Crippen LogP contribution in [0.5, 0.6) is 5.88 Å². The van der Waals surface area contributed by atoms with Crippen molar-refractivity contribution in [1.29, 1.82) is 0 Å². The third-order valence-electron chi connectivity index (χ3n) is 4.53. The Morgan fingerprint density at radius 2 is 2.10 bits per heavy atom. The van der Waals surface area contributed by atoms with Gasteiger partial charge < -0.3 is 14.8 Å². The summed E-state index contributed by atoms with van der Waals surface area (Å²) in [5.74, 6) is 2.33. The SMILES string of the molecule is CCc1nc(Nc2ncc(C3CCC3)s2)cc(OCCCC(=O)OC(C)(C)C)n1. The number of esters is 1. The van der Waals surface area contributed by atoms with E-state index < -0.39 is 5.60 Å². The van der Waals surface area contributed by atoms with Crippen molar-refractivity contribution >= 4 is 28.3 Å². The fraction of sp³-hybridized carbons (Fsp3) is 0.619. The normalized spacial score (nSPS) is 14.3. The summed E-state index contributed by atoms with van der Waals surface area (Å²) in [7, 11) is 0. The van der Waals surface area contributed by atoms with E-state index in [9.17, 15) is 4.79 Å². The molecule has 8 heteroatoms. The molecule has 0 bridgehead atoms. The van der Waals surface area contributed by atoms with Gasteiger partial charge in [0.25, 0.3) is 0 Å². The first-order valence-corrected chi connectivity index (χ1v) is 11.1.